The Kier molecular flexibility index (Phi) is 5.25. The van der Waals surface area contributed by atoms with Crippen LogP contribution in [-0.4, -0.2) is 7.05 Å². The van der Waals surface area contributed by atoms with Crippen LogP contribution in [0.1, 0.15) is 28.3 Å². The van der Waals surface area contributed by atoms with Crippen molar-refractivity contribution < 1.29 is 0 Å². The summed E-state index contributed by atoms with van der Waals surface area (Å²) in [5.74, 6) is 0. The lowest BCUT2D eigenvalue weighted by atomic mass is 9.96. The maximum atomic E-state index is 6.32. The Morgan fingerprint density at radius 2 is 1.75 bits per heavy atom. The van der Waals surface area contributed by atoms with Crippen LogP contribution in [0, 0.1) is 13.8 Å². The van der Waals surface area contributed by atoms with Gasteiger partial charge >= 0.3 is 0 Å². The van der Waals surface area contributed by atoms with Crippen molar-refractivity contribution in [3.05, 3.63) is 68.1 Å². The number of hydrogen-bond acceptors (Lipinski definition) is 1. The van der Waals surface area contributed by atoms with Gasteiger partial charge in [0, 0.05) is 15.5 Å². The molecule has 0 spiro atoms. The monoisotopic (exact) mass is 351 g/mol. The largest absolute Gasteiger partial charge is 0.313 e. The lowest BCUT2D eigenvalue weighted by Crippen LogP contribution is -2.19. The van der Waals surface area contributed by atoms with E-state index in [1.807, 2.05) is 19.2 Å². The fourth-order valence-electron chi connectivity index (χ4n) is 2.50. The third kappa shape index (κ3) is 3.85. The first-order chi connectivity index (χ1) is 9.49. The van der Waals surface area contributed by atoms with Gasteiger partial charge in [-0.2, -0.15) is 0 Å². The predicted octanol–water partition coefficient (Wildman–Crippen LogP) is 5.22. The average Bonchev–Trinajstić information content (AvgIpc) is 2.36. The van der Waals surface area contributed by atoms with Gasteiger partial charge in [0.05, 0.1) is 0 Å². The van der Waals surface area contributed by atoms with Crippen LogP contribution in [0.25, 0.3) is 0 Å². The van der Waals surface area contributed by atoms with Crippen LogP contribution in [0.3, 0.4) is 0 Å². The molecule has 0 aliphatic heterocycles. The summed E-state index contributed by atoms with van der Waals surface area (Å²) < 4.78 is 1.01. The minimum Gasteiger partial charge on any atom is -0.313 e. The molecule has 0 amide bonds. The van der Waals surface area contributed by atoms with E-state index in [4.69, 9.17) is 11.6 Å². The van der Waals surface area contributed by atoms with E-state index in [0.29, 0.717) is 0 Å². The minimum absolute atomic E-state index is 0.271. The van der Waals surface area contributed by atoms with E-state index in [2.05, 4.69) is 59.4 Å². The Bertz CT molecular complexity index is 590. The zero-order valence-corrected chi connectivity index (χ0v) is 14.3. The summed E-state index contributed by atoms with van der Waals surface area (Å²) in [5.41, 5.74) is 5.06. The van der Waals surface area contributed by atoms with Crippen molar-refractivity contribution in [1.82, 2.24) is 5.32 Å². The molecule has 2 aromatic rings. The Labute approximate surface area is 134 Å². The van der Waals surface area contributed by atoms with Gasteiger partial charge in [-0.05, 0) is 50.6 Å². The molecule has 1 unspecified atom stereocenters. The maximum absolute atomic E-state index is 6.32. The summed E-state index contributed by atoms with van der Waals surface area (Å²) in [6.45, 7) is 4.27. The van der Waals surface area contributed by atoms with Gasteiger partial charge in [-0.25, -0.2) is 0 Å². The smallest absolute Gasteiger partial charge is 0.0449 e. The Hall–Kier alpha value is -0.830. The molecule has 0 aliphatic carbocycles. The quantitative estimate of drug-likeness (QED) is 0.795. The summed E-state index contributed by atoms with van der Waals surface area (Å²) in [5, 5.41) is 4.20. The van der Waals surface area contributed by atoms with Gasteiger partial charge in [0.1, 0.15) is 0 Å². The molecular formula is C17H19BrClN. The summed E-state index contributed by atoms with van der Waals surface area (Å²) in [6, 6.07) is 13.0. The highest BCUT2D eigenvalue weighted by Crippen LogP contribution is 2.27. The van der Waals surface area contributed by atoms with E-state index in [0.717, 1.165) is 21.5 Å². The van der Waals surface area contributed by atoms with Crippen LogP contribution in [0.2, 0.25) is 5.02 Å². The standard InChI is InChI=1S/C17H19BrClN/c1-11-6-12(2)8-14(7-11)17(20-3)9-13-4-5-15(18)10-16(13)19/h4-8,10,17,20H,9H2,1-3H3. The number of hydrogen-bond donors (Lipinski definition) is 1. The van der Waals surface area contributed by atoms with Crippen LogP contribution in [0.15, 0.2) is 40.9 Å². The molecule has 1 N–H and O–H groups in total. The summed E-state index contributed by atoms with van der Waals surface area (Å²) in [4.78, 5) is 0. The van der Waals surface area contributed by atoms with Gasteiger partial charge in [-0.3, -0.25) is 0 Å². The van der Waals surface area contributed by atoms with Crippen molar-refractivity contribution >= 4 is 27.5 Å². The molecule has 1 atom stereocenters. The highest BCUT2D eigenvalue weighted by Gasteiger charge is 2.13. The molecule has 0 aliphatic rings. The number of rotatable bonds is 4. The van der Waals surface area contributed by atoms with E-state index in [9.17, 15) is 0 Å². The van der Waals surface area contributed by atoms with Gasteiger partial charge in [0.2, 0.25) is 0 Å². The molecule has 0 saturated heterocycles. The first-order valence-corrected chi connectivity index (χ1v) is 7.86. The molecule has 2 aromatic carbocycles. The van der Waals surface area contributed by atoms with E-state index in [-0.39, 0.29) is 6.04 Å². The highest BCUT2D eigenvalue weighted by atomic mass is 79.9. The number of benzene rings is 2. The Morgan fingerprint density at radius 3 is 2.30 bits per heavy atom. The van der Waals surface area contributed by atoms with Crippen LogP contribution in [0.4, 0.5) is 0 Å². The van der Waals surface area contributed by atoms with E-state index in [1.54, 1.807) is 0 Å². The average molecular weight is 353 g/mol. The number of aryl methyl sites for hydroxylation is 2. The van der Waals surface area contributed by atoms with Crippen LogP contribution < -0.4 is 5.32 Å². The van der Waals surface area contributed by atoms with E-state index in [1.165, 1.54) is 16.7 Å². The Balaban J connectivity index is 2.28. The van der Waals surface area contributed by atoms with Gasteiger partial charge in [-0.1, -0.05) is 62.9 Å². The van der Waals surface area contributed by atoms with Crippen LogP contribution >= 0.6 is 27.5 Å². The summed E-state index contributed by atoms with van der Waals surface area (Å²) in [6.07, 6.45) is 0.880. The van der Waals surface area contributed by atoms with Gasteiger partial charge < -0.3 is 5.32 Å². The molecule has 0 saturated carbocycles. The molecule has 0 radical (unpaired) electrons. The molecule has 3 heteroatoms. The minimum atomic E-state index is 0.271. The van der Waals surface area contributed by atoms with E-state index < -0.39 is 0 Å². The van der Waals surface area contributed by atoms with Crippen LogP contribution in [0.5, 0.6) is 0 Å². The molecule has 20 heavy (non-hydrogen) atoms. The number of likely N-dealkylation sites (N-methyl/N-ethyl adjacent to an activating group) is 1. The fraction of sp³-hybridized carbons (Fsp3) is 0.294. The first kappa shape index (κ1) is 15.6. The SMILES string of the molecule is CNC(Cc1ccc(Br)cc1Cl)c1cc(C)cc(C)c1. The summed E-state index contributed by atoms with van der Waals surface area (Å²) in [7, 11) is 2.00. The van der Waals surface area contributed by atoms with Crippen molar-refractivity contribution in [2.75, 3.05) is 7.05 Å². The molecule has 0 bridgehead atoms. The van der Waals surface area contributed by atoms with Gasteiger partial charge in [-0.15, -0.1) is 0 Å². The molecule has 2 rings (SSSR count). The molecular weight excluding hydrogens is 334 g/mol. The van der Waals surface area contributed by atoms with Crippen molar-refractivity contribution in [2.24, 2.45) is 0 Å². The van der Waals surface area contributed by atoms with E-state index >= 15 is 0 Å². The Morgan fingerprint density at radius 1 is 1.10 bits per heavy atom. The maximum Gasteiger partial charge on any atom is 0.0449 e. The molecule has 1 nitrogen and oxygen atoms in total. The second kappa shape index (κ2) is 6.75. The number of nitrogens with one attached hydrogen (secondary N) is 1. The van der Waals surface area contributed by atoms with Crippen molar-refractivity contribution in [3.63, 3.8) is 0 Å². The first-order valence-electron chi connectivity index (χ1n) is 6.69. The van der Waals surface area contributed by atoms with Gasteiger partial charge in [0.15, 0.2) is 0 Å². The van der Waals surface area contributed by atoms with Crippen LogP contribution in [-0.2, 0) is 6.42 Å². The third-order valence-corrected chi connectivity index (χ3v) is 4.28. The molecule has 0 heterocycles. The fourth-order valence-corrected chi connectivity index (χ4v) is 3.26. The molecule has 0 aromatic heterocycles. The lowest BCUT2D eigenvalue weighted by molar-refractivity contribution is 0.591. The van der Waals surface area contributed by atoms with Crippen molar-refractivity contribution in [1.29, 1.82) is 0 Å². The molecule has 0 fully saturated rings. The number of halogens is 2. The lowest BCUT2D eigenvalue weighted by Gasteiger charge is -2.19. The normalized spacial score (nSPS) is 12.4. The zero-order chi connectivity index (χ0) is 14.7. The van der Waals surface area contributed by atoms with Crippen molar-refractivity contribution in [2.45, 2.75) is 26.3 Å². The second-order valence-corrected chi connectivity index (χ2v) is 6.53. The van der Waals surface area contributed by atoms with Gasteiger partial charge in [0.25, 0.3) is 0 Å². The second-order valence-electron chi connectivity index (χ2n) is 5.20. The van der Waals surface area contributed by atoms with Crippen molar-refractivity contribution in [3.8, 4) is 0 Å². The third-order valence-electron chi connectivity index (χ3n) is 3.43. The predicted molar refractivity (Wildman–Crippen MR) is 90.6 cm³/mol. The highest BCUT2D eigenvalue weighted by molar-refractivity contribution is 9.10. The molecule has 106 valence electrons. The topological polar surface area (TPSA) is 12.0 Å². The zero-order valence-electron chi connectivity index (χ0n) is 12.0. The summed E-state index contributed by atoms with van der Waals surface area (Å²) >= 11 is 9.77.